The van der Waals surface area contributed by atoms with Gasteiger partial charge in [-0.15, -0.1) is 0 Å². The molecule has 12 heavy (non-hydrogen) atoms. The smallest absolute Gasteiger partial charge is 0.0622 e. The van der Waals surface area contributed by atoms with E-state index in [9.17, 15) is 0 Å². The molecule has 0 amide bonds. The molecule has 0 aromatic carbocycles. The first-order valence-electron chi connectivity index (χ1n) is 4.93. The van der Waals surface area contributed by atoms with E-state index in [2.05, 4.69) is 20.8 Å². The van der Waals surface area contributed by atoms with Crippen LogP contribution < -0.4 is 0 Å². The maximum atomic E-state index is 5.87. The Labute approximate surface area is 75.2 Å². The quantitative estimate of drug-likeness (QED) is 0.650. The van der Waals surface area contributed by atoms with Crippen molar-refractivity contribution in [1.82, 2.24) is 0 Å². The van der Waals surface area contributed by atoms with Crippen LogP contribution in [0, 0.1) is 5.92 Å². The van der Waals surface area contributed by atoms with Crippen LogP contribution in [0.4, 0.5) is 0 Å². The molecule has 1 saturated heterocycles. The summed E-state index contributed by atoms with van der Waals surface area (Å²) in [6.45, 7) is 8.29. The maximum absolute atomic E-state index is 5.87. The van der Waals surface area contributed by atoms with Crippen LogP contribution in [0.3, 0.4) is 0 Å². The molecule has 0 aromatic heterocycles. The number of hydrogen-bond donors (Lipinski definition) is 0. The Morgan fingerprint density at radius 1 is 1.17 bits per heavy atom. The van der Waals surface area contributed by atoms with Crippen LogP contribution in [0.15, 0.2) is 0 Å². The number of rotatable bonds is 3. The van der Waals surface area contributed by atoms with Gasteiger partial charge in [0.25, 0.3) is 0 Å². The molecule has 0 aliphatic carbocycles. The van der Waals surface area contributed by atoms with Crippen molar-refractivity contribution in [3.63, 3.8) is 0 Å². The van der Waals surface area contributed by atoms with E-state index in [-0.39, 0.29) is 0 Å². The summed E-state index contributed by atoms with van der Waals surface area (Å²) in [5, 5.41) is 0. The van der Waals surface area contributed by atoms with Crippen molar-refractivity contribution in [2.24, 2.45) is 5.92 Å². The molecule has 72 valence electrons. The third-order valence-electron chi connectivity index (χ3n) is 2.51. The minimum atomic E-state index is 0.382. The first kappa shape index (κ1) is 10.0. The summed E-state index contributed by atoms with van der Waals surface area (Å²) in [4.78, 5) is 0. The largest absolute Gasteiger partial charge is 0.381 e. The van der Waals surface area contributed by atoms with Crippen molar-refractivity contribution in [2.75, 3.05) is 13.2 Å². The van der Waals surface area contributed by atoms with Crippen LogP contribution in [0.5, 0.6) is 0 Å². The normalized spacial score (nSPS) is 23.0. The van der Waals surface area contributed by atoms with E-state index in [4.69, 9.17) is 9.47 Å². The van der Waals surface area contributed by atoms with Gasteiger partial charge in [-0.1, -0.05) is 13.8 Å². The van der Waals surface area contributed by atoms with Gasteiger partial charge in [0, 0.05) is 13.2 Å². The second-order valence-corrected chi connectivity index (χ2v) is 3.90. The molecule has 1 aliphatic rings. The van der Waals surface area contributed by atoms with E-state index < -0.39 is 0 Å². The maximum Gasteiger partial charge on any atom is 0.0622 e. The van der Waals surface area contributed by atoms with E-state index in [1.807, 2.05) is 0 Å². The zero-order valence-corrected chi connectivity index (χ0v) is 8.38. The van der Waals surface area contributed by atoms with Crippen LogP contribution in [-0.4, -0.2) is 25.4 Å². The van der Waals surface area contributed by atoms with Gasteiger partial charge in [0.05, 0.1) is 12.2 Å². The highest BCUT2D eigenvalue weighted by molar-refractivity contribution is 4.65. The molecule has 0 saturated carbocycles. The lowest BCUT2D eigenvalue weighted by atomic mass is 10.1. The Kier molecular flexibility index (Phi) is 4.02. The van der Waals surface area contributed by atoms with Crippen LogP contribution in [0.2, 0.25) is 0 Å². The molecule has 0 unspecified atom stereocenters. The van der Waals surface area contributed by atoms with Crippen molar-refractivity contribution >= 4 is 0 Å². The van der Waals surface area contributed by atoms with Crippen LogP contribution in [0.25, 0.3) is 0 Å². The Bertz CT molecular complexity index is 117. The molecule has 1 aliphatic heterocycles. The second kappa shape index (κ2) is 4.83. The number of ether oxygens (including phenoxy) is 2. The SMILES string of the molecule is CC(C)[C@H](C)OC1CCOCC1. The standard InChI is InChI=1S/C10H20O2/c1-8(2)9(3)12-10-4-6-11-7-5-10/h8-10H,4-7H2,1-3H3/t9-/m0/s1. The Hall–Kier alpha value is -0.0800. The minimum absolute atomic E-state index is 0.382. The molecule has 2 heteroatoms. The van der Waals surface area contributed by atoms with Gasteiger partial charge in [0.1, 0.15) is 0 Å². The van der Waals surface area contributed by atoms with Gasteiger partial charge in [0.15, 0.2) is 0 Å². The molecule has 0 spiro atoms. The van der Waals surface area contributed by atoms with Gasteiger partial charge in [-0.25, -0.2) is 0 Å². The van der Waals surface area contributed by atoms with Gasteiger partial charge < -0.3 is 9.47 Å². The van der Waals surface area contributed by atoms with Gasteiger partial charge >= 0.3 is 0 Å². The lowest BCUT2D eigenvalue weighted by Crippen LogP contribution is -2.29. The fourth-order valence-corrected chi connectivity index (χ4v) is 1.27. The van der Waals surface area contributed by atoms with E-state index in [1.165, 1.54) is 0 Å². The average molecular weight is 172 g/mol. The fourth-order valence-electron chi connectivity index (χ4n) is 1.27. The van der Waals surface area contributed by atoms with Crippen molar-refractivity contribution in [3.8, 4) is 0 Å². The molecule has 1 atom stereocenters. The van der Waals surface area contributed by atoms with E-state index in [0.717, 1.165) is 26.1 Å². The molecular formula is C10H20O2. The predicted octanol–water partition coefficient (Wildman–Crippen LogP) is 2.23. The van der Waals surface area contributed by atoms with E-state index in [1.54, 1.807) is 0 Å². The molecular weight excluding hydrogens is 152 g/mol. The third kappa shape index (κ3) is 3.11. The van der Waals surface area contributed by atoms with E-state index >= 15 is 0 Å². The van der Waals surface area contributed by atoms with Crippen molar-refractivity contribution in [2.45, 2.75) is 45.8 Å². The first-order valence-corrected chi connectivity index (χ1v) is 4.93. The topological polar surface area (TPSA) is 18.5 Å². The van der Waals surface area contributed by atoms with Gasteiger partial charge in [-0.05, 0) is 25.7 Å². The minimum Gasteiger partial charge on any atom is -0.381 e. The van der Waals surface area contributed by atoms with Crippen molar-refractivity contribution < 1.29 is 9.47 Å². The van der Waals surface area contributed by atoms with Crippen molar-refractivity contribution in [3.05, 3.63) is 0 Å². The molecule has 1 rings (SSSR count). The van der Waals surface area contributed by atoms with E-state index in [0.29, 0.717) is 18.1 Å². The summed E-state index contributed by atoms with van der Waals surface area (Å²) >= 11 is 0. The van der Waals surface area contributed by atoms with Gasteiger partial charge in [-0.2, -0.15) is 0 Å². The van der Waals surface area contributed by atoms with Gasteiger partial charge in [0.2, 0.25) is 0 Å². The van der Waals surface area contributed by atoms with Gasteiger partial charge in [-0.3, -0.25) is 0 Å². The average Bonchev–Trinajstić information content (AvgIpc) is 2.06. The summed E-state index contributed by atoms with van der Waals surface area (Å²) in [5.41, 5.74) is 0. The highest BCUT2D eigenvalue weighted by Gasteiger charge is 2.18. The summed E-state index contributed by atoms with van der Waals surface area (Å²) in [6.07, 6.45) is 2.96. The lowest BCUT2D eigenvalue weighted by molar-refractivity contribution is -0.0755. The zero-order valence-electron chi connectivity index (χ0n) is 8.38. The molecule has 0 N–H and O–H groups in total. The molecule has 1 fully saturated rings. The Morgan fingerprint density at radius 3 is 2.25 bits per heavy atom. The molecule has 0 bridgehead atoms. The monoisotopic (exact) mass is 172 g/mol. The molecule has 0 aromatic rings. The fraction of sp³-hybridized carbons (Fsp3) is 1.00. The molecule has 1 heterocycles. The number of hydrogen-bond acceptors (Lipinski definition) is 2. The summed E-state index contributed by atoms with van der Waals surface area (Å²) < 4.78 is 11.1. The molecule has 0 radical (unpaired) electrons. The Morgan fingerprint density at radius 2 is 1.75 bits per heavy atom. The lowest BCUT2D eigenvalue weighted by Gasteiger charge is -2.27. The third-order valence-corrected chi connectivity index (χ3v) is 2.51. The first-order chi connectivity index (χ1) is 5.70. The summed E-state index contributed by atoms with van der Waals surface area (Å²) in [6, 6.07) is 0. The van der Waals surface area contributed by atoms with Crippen molar-refractivity contribution in [1.29, 1.82) is 0 Å². The zero-order chi connectivity index (χ0) is 8.97. The Balaban J connectivity index is 2.20. The highest BCUT2D eigenvalue weighted by atomic mass is 16.5. The highest BCUT2D eigenvalue weighted by Crippen LogP contribution is 2.16. The summed E-state index contributed by atoms with van der Waals surface area (Å²) in [5.74, 6) is 0.618. The van der Waals surface area contributed by atoms with Crippen LogP contribution >= 0.6 is 0 Å². The molecule has 2 nitrogen and oxygen atoms in total. The summed E-state index contributed by atoms with van der Waals surface area (Å²) in [7, 11) is 0. The predicted molar refractivity (Wildman–Crippen MR) is 49.2 cm³/mol. The van der Waals surface area contributed by atoms with Crippen LogP contribution in [0.1, 0.15) is 33.6 Å². The van der Waals surface area contributed by atoms with Crippen LogP contribution in [-0.2, 0) is 9.47 Å². The second-order valence-electron chi connectivity index (χ2n) is 3.90.